The molecule has 7 heteroatoms. The number of rotatable bonds is 4. The van der Waals surface area contributed by atoms with Crippen LogP contribution in [0, 0.1) is 0 Å². The van der Waals surface area contributed by atoms with E-state index in [1.165, 1.54) is 12.1 Å². The average Bonchev–Trinajstić information content (AvgIpc) is 3.39. The maximum absolute atomic E-state index is 13.7. The molecule has 0 N–H and O–H groups in total. The highest BCUT2D eigenvalue weighted by atomic mass is 19.4. The van der Waals surface area contributed by atoms with Crippen molar-refractivity contribution in [3.63, 3.8) is 0 Å². The molecule has 2 aliphatic rings. The van der Waals surface area contributed by atoms with Crippen LogP contribution in [0.1, 0.15) is 41.6 Å². The first-order valence-corrected chi connectivity index (χ1v) is 10.1. The van der Waals surface area contributed by atoms with Gasteiger partial charge in [-0.2, -0.15) is 13.2 Å². The minimum absolute atomic E-state index is 0.0220. The van der Waals surface area contributed by atoms with Crippen molar-refractivity contribution < 1.29 is 18.0 Å². The lowest BCUT2D eigenvalue weighted by molar-refractivity contribution is -0.138. The molecule has 3 heterocycles. The number of hydrogen-bond donors (Lipinski definition) is 0. The number of aromatic nitrogens is 1. The fourth-order valence-corrected chi connectivity index (χ4v) is 4.40. The van der Waals surface area contributed by atoms with Crippen molar-refractivity contribution in [1.29, 1.82) is 0 Å². The maximum Gasteiger partial charge on any atom is 0.417 e. The third-order valence-corrected chi connectivity index (χ3v) is 5.87. The van der Waals surface area contributed by atoms with Crippen molar-refractivity contribution in [1.82, 2.24) is 14.8 Å². The summed E-state index contributed by atoms with van der Waals surface area (Å²) in [6.07, 6.45) is 2.55. The fourth-order valence-electron chi connectivity index (χ4n) is 4.40. The summed E-state index contributed by atoms with van der Waals surface area (Å²) in [7, 11) is 0. The number of alkyl halides is 3. The van der Waals surface area contributed by atoms with Gasteiger partial charge in [0.25, 0.3) is 5.91 Å². The molecule has 0 radical (unpaired) electrons. The third kappa shape index (κ3) is 4.29. The Morgan fingerprint density at radius 3 is 2.41 bits per heavy atom. The molecule has 154 valence electrons. The van der Waals surface area contributed by atoms with Gasteiger partial charge in [-0.3, -0.25) is 9.78 Å². The molecular formula is C22H24F3N3O. The Balaban J connectivity index is 1.66. The molecule has 0 bridgehead atoms. The summed E-state index contributed by atoms with van der Waals surface area (Å²) in [5.41, 5.74) is 0.184. The molecular weight excluding hydrogens is 379 g/mol. The summed E-state index contributed by atoms with van der Waals surface area (Å²) in [4.78, 5) is 21.2. The number of likely N-dealkylation sites (tertiary alicyclic amines) is 2. The standard InChI is InChI=1S/C22H24F3N3O/c23-22(24,25)20-6-5-17(16-7-9-26-10-8-16)14-19(20)21(29)28-13-3-4-18(28)15-27-11-1-2-12-27/h5-10,14,18H,1-4,11-13,15H2. The van der Waals surface area contributed by atoms with Crippen molar-refractivity contribution in [2.45, 2.75) is 37.9 Å². The van der Waals surface area contributed by atoms with E-state index in [0.717, 1.165) is 56.9 Å². The predicted octanol–water partition coefficient (Wildman–Crippen LogP) is 4.47. The van der Waals surface area contributed by atoms with E-state index in [0.29, 0.717) is 12.1 Å². The molecule has 2 fully saturated rings. The van der Waals surface area contributed by atoms with Crippen LogP contribution in [-0.4, -0.2) is 52.9 Å². The van der Waals surface area contributed by atoms with Gasteiger partial charge < -0.3 is 9.80 Å². The molecule has 1 aromatic carbocycles. The summed E-state index contributed by atoms with van der Waals surface area (Å²) in [6, 6.07) is 7.25. The molecule has 1 amide bonds. The van der Waals surface area contributed by atoms with Gasteiger partial charge >= 0.3 is 6.18 Å². The largest absolute Gasteiger partial charge is 0.417 e. The first-order valence-electron chi connectivity index (χ1n) is 10.1. The van der Waals surface area contributed by atoms with E-state index < -0.39 is 17.6 Å². The number of carbonyl (C=O) groups excluding carboxylic acids is 1. The highest BCUT2D eigenvalue weighted by Crippen LogP contribution is 2.36. The molecule has 4 nitrogen and oxygen atoms in total. The van der Waals surface area contributed by atoms with Crippen LogP contribution in [0.4, 0.5) is 13.2 Å². The number of nitrogens with zero attached hydrogens (tertiary/aromatic N) is 3. The molecule has 0 saturated carbocycles. The topological polar surface area (TPSA) is 36.4 Å². The Morgan fingerprint density at radius 1 is 1.00 bits per heavy atom. The fraction of sp³-hybridized carbons (Fsp3) is 0.455. The molecule has 2 aromatic rings. The highest BCUT2D eigenvalue weighted by molar-refractivity contribution is 5.97. The van der Waals surface area contributed by atoms with E-state index in [9.17, 15) is 18.0 Å². The zero-order valence-corrected chi connectivity index (χ0v) is 16.2. The lowest BCUT2D eigenvalue weighted by Crippen LogP contribution is -2.43. The predicted molar refractivity (Wildman–Crippen MR) is 104 cm³/mol. The SMILES string of the molecule is O=C(c1cc(-c2ccncc2)ccc1C(F)(F)F)N1CCCC1CN1CCCC1. The number of amides is 1. The van der Waals surface area contributed by atoms with Gasteiger partial charge in [-0.15, -0.1) is 0 Å². The Bertz CT molecular complexity index is 863. The Labute approximate surface area is 168 Å². The monoisotopic (exact) mass is 403 g/mol. The van der Waals surface area contributed by atoms with Gasteiger partial charge in [0.1, 0.15) is 0 Å². The van der Waals surface area contributed by atoms with E-state index in [1.807, 2.05) is 0 Å². The van der Waals surface area contributed by atoms with Crippen LogP contribution in [0.3, 0.4) is 0 Å². The Morgan fingerprint density at radius 2 is 1.72 bits per heavy atom. The number of pyridine rings is 1. The Kier molecular flexibility index (Phi) is 5.58. The minimum Gasteiger partial charge on any atom is -0.334 e. The Hall–Kier alpha value is -2.41. The first kappa shape index (κ1) is 19.9. The lowest BCUT2D eigenvalue weighted by atomic mass is 9.98. The number of carbonyl (C=O) groups is 1. The van der Waals surface area contributed by atoms with Crippen LogP contribution in [0.5, 0.6) is 0 Å². The van der Waals surface area contributed by atoms with Gasteiger partial charge in [-0.1, -0.05) is 6.07 Å². The van der Waals surface area contributed by atoms with Gasteiger partial charge in [-0.05, 0) is 74.2 Å². The van der Waals surface area contributed by atoms with Crippen LogP contribution in [-0.2, 0) is 6.18 Å². The number of benzene rings is 1. The second-order valence-corrected chi connectivity index (χ2v) is 7.80. The normalized spacial score (nSPS) is 20.4. The zero-order valence-electron chi connectivity index (χ0n) is 16.2. The molecule has 4 rings (SSSR count). The van der Waals surface area contributed by atoms with E-state index in [2.05, 4.69) is 9.88 Å². The van der Waals surface area contributed by atoms with Crippen molar-refractivity contribution in [3.8, 4) is 11.1 Å². The van der Waals surface area contributed by atoms with Crippen molar-refractivity contribution in [2.24, 2.45) is 0 Å². The summed E-state index contributed by atoms with van der Waals surface area (Å²) >= 11 is 0. The second kappa shape index (κ2) is 8.14. The quantitative estimate of drug-likeness (QED) is 0.756. The molecule has 1 atom stereocenters. The van der Waals surface area contributed by atoms with Crippen molar-refractivity contribution in [2.75, 3.05) is 26.2 Å². The van der Waals surface area contributed by atoms with E-state index in [4.69, 9.17) is 0 Å². The van der Waals surface area contributed by atoms with Crippen LogP contribution in [0.2, 0.25) is 0 Å². The molecule has 0 spiro atoms. The van der Waals surface area contributed by atoms with Crippen molar-refractivity contribution in [3.05, 3.63) is 53.9 Å². The second-order valence-electron chi connectivity index (χ2n) is 7.80. The summed E-state index contributed by atoms with van der Waals surface area (Å²) in [6.45, 7) is 3.26. The van der Waals surface area contributed by atoms with Crippen LogP contribution >= 0.6 is 0 Å². The number of halogens is 3. The molecule has 0 aliphatic carbocycles. The number of hydrogen-bond acceptors (Lipinski definition) is 3. The van der Waals surface area contributed by atoms with E-state index in [-0.39, 0.29) is 11.6 Å². The van der Waals surface area contributed by atoms with Gasteiger partial charge in [0, 0.05) is 31.5 Å². The molecule has 1 unspecified atom stereocenters. The van der Waals surface area contributed by atoms with E-state index in [1.54, 1.807) is 29.4 Å². The highest BCUT2D eigenvalue weighted by Gasteiger charge is 2.39. The van der Waals surface area contributed by atoms with Gasteiger partial charge in [-0.25, -0.2) is 0 Å². The molecule has 2 saturated heterocycles. The average molecular weight is 403 g/mol. The molecule has 29 heavy (non-hydrogen) atoms. The summed E-state index contributed by atoms with van der Waals surface area (Å²) < 4.78 is 41.0. The van der Waals surface area contributed by atoms with E-state index >= 15 is 0 Å². The van der Waals surface area contributed by atoms with Gasteiger partial charge in [0.15, 0.2) is 0 Å². The zero-order chi connectivity index (χ0) is 20.4. The summed E-state index contributed by atoms with van der Waals surface area (Å²) in [5, 5.41) is 0. The molecule has 1 aromatic heterocycles. The summed E-state index contributed by atoms with van der Waals surface area (Å²) in [5.74, 6) is -0.519. The molecule has 2 aliphatic heterocycles. The van der Waals surface area contributed by atoms with Crippen LogP contribution < -0.4 is 0 Å². The van der Waals surface area contributed by atoms with Crippen LogP contribution in [0.15, 0.2) is 42.7 Å². The lowest BCUT2D eigenvalue weighted by Gasteiger charge is -2.29. The first-order chi connectivity index (χ1) is 13.9. The third-order valence-electron chi connectivity index (χ3n) is 5.87. The van der Waals surface area contributed by atoms with Gasteiger partial charge in [0.2, 0.25) is 0 Å². The van der Waals surface area contributed by atoms with Crippen molar-refractivity contribution >= 4 is 5.91 Å². The maximum atomic E-state index is 13.7. The van der Waals surface area contributed by atoms with Crippen LogP contribution in [0.25, 0.3) is 11.1 Å². The minimum atomic E-state index is -4.58. The smallest absolute Gasteiger partial charge is 0.334 e. The van der Waals surface area contributed by atoms with Gasteiger partial charge in [0.05, 0.1) is 11.1 Å².